The zero-order chi connectivity index (χ0) is 16.4. The normalized spacial score (nSPS) is 29.5. The molecule has 5 heteroatoms. The van der Waals surface area contributed by atoms with Crippen molar-refractivity contribution in [1.82, 2.24) is 4.98 Å². The van der Waals surface area contributed by atoms with Crippen molar-refractivity contribution in [2.24, 2.45) is 17.6 Å². The number of hydrogen-bond acceptors (Lipinski definition) is 5. The number of fused-ring (bicyclic) bond motifs is 1. The molecule has 0 saturated carbocycles. The highest BCUT2D eigenvalue weighted by atomic mass is 14.7. The summed E-state index contributed by atoms with van der Waals surface area (Å²) in [5.74, 6) is -0.768. The average Bonchev–Trinajstić information content (AvgIpc) is 2.61. The van der Waals surface area contributed by atoms with Gasteiger partial charge in [-0.3, -0.25) is 4.98 Å². The maximum Gasteiger partial charge on any atom is 0.140 e. The van der Waals surface area contributed by atoms with Crippen LogP contribution in [0.3, 0.4) is 0 Å². The van der Waals surface area contributed by atoms with Crippen LogP contribution in [0.4, 0.5) is 0 Å². The largest absolute Gasteiger partial charge is 0.399 e. The van der Waals surface area contributed by atoms with Gasteiger partial charge in [0.25, 0.3) is 0 Å². The highest BCUT2D eigenvalue weighted by Crippen LogP contribution is 2.52. The molecule has 0 aromatic carbocycles. The zero-order valence-electron chi connectivity index (χ0n) is 12.5. The number of nitrogens with two attached hydrogens (primary N) is 1. The first-order valence-electron chi connectivity index (χ1n) is 7.52. The van der Waals surface area contributed by atoms with Crippen molar-refractivity contribution in [2.75, 3.05) is 0 Å². The van der Waals surface area contributed by atoms with E-state index < -0.39 is 11.3 Å². The standard InChI is InChI=1S/C18H15N5/c19-8-15-13-5-1-2-6-14(13)16(9-20)18(11-21,17(15)22)12-4-3-7-23-10-12/h3-5,7,10,14,16H,1-2,6,22H2/t14-,16+,18+/m1/s1. The van der Waals surface area contributed by atoms with Gasteiger partial charge in [0.15, 0.2) is 0 Å². The smallest absolute Gasteiger partial charge is 0.140 e. The minimum absolute atomic E-state index is 0.143. The second-order valence-corrected chi connectivity index (χ2v) is 5.87. The molecular formula is C18H15N5. The molecule has 0 bridgehead atoms. The molecule has 3 rings (SSSR count). The topological polar surface area (TPSA) is 110 Å². The van der Waals surface area contributed by atoms with E-state index in [1.807, 2.05) is 6.08 Å². The number of allylic oxidation sites excluding steroid dienone is 4. The minimum Gasteiger partial charge on any atom is -0.399 e. The Bertz CT molecular complexity index is 816. The molecule has 0 aliphatic heterocycles. The van der Waals surface area contributed by atoms with Gasteiger partial charge in [0.2, 0.25) is 0 Å². The van der Waals surface area contributed by atoms with E-state index in [0.29, 0.717) is 11.1 Å². The third kappa shape index (κ3) is 1.93. The van der Waals surface area contributed by atoms with E-state index in [1.165, 1.54) is 0 Å². The number of aromatic nitrogens is 1. The summed E-state index contributed by atoms with van der Waals surface area (Å²) in [6, 6.07) is 10.2. The lowest BCUT2D eigenvalue weighted by Gasteiger charge is -2.43. The van der Waals surface area contributed by atoms with Gasteiger partial charge in [0.05, 0.1) is 29.3 Å². The molecule has 2 N–H and O–H groups in total. The molecule has 5 nitrogen and oxygen atoms in total. The van der Waals surface area contributed by atoms with E-state index in [1.54, 1.807) is 24.5 Å². The Morgan fingerprint density at radius 2 is 2.13 bits per heavy atom. The quantitative estimate of drug-likeness (QED) is 0.856. The molecule has 0 fully saturated rings. The Labute approximate surface area is 135 Å². The van der Waals surface area contributed by atoms with Gasteiger partial charge in [-0.2, -0.15) is 15.8 Å². The maximum absolute atomic E-state index is 10.00. The SMILES string of the molecule is N#CC1=C(N)[C@@](C#N)(c2cccnc2)[C@@H](C#N)[C@@H]2CCCC=C12. The molecule has 0 amide bonds. The Balaban J connectivity index is 2.36. The summed E-state index contributed by atoms with van der Waals surface area (Å²) in [5.41, 5.74) is 6.90. The first kappa shape index (κ1) is 14.8. The van der Waals surface area contributed by atoms with Crippen LogP contribution < -0.4 is 5.73 Å². The lowest BCUT2D eigenvalue weighted by atomic mass is 9.56. The first-order valence-corrected chi connectivity index (χ1v) is 7.52. The molecule has 0 saturated heterocycles. The Morgan fingerprint density at radius 3 is 2.74 bits per heavy atom. The number of nitrogens with zero attached hydrogens (tertiary/aromatic N) is 4. The molecule has 2 aliphatic carbocycles. The molecule has 1 aromatic heterocycles. The van der Waals surface area contributed by atoms with Crippen LogP contribution in [0.5, 0.6) is 0 Å². The van der Waals surface area contributed by atoms with Crippen LogP contribution in [0, 0.1) is 45.8 Å². The van der Waals surface area contributed by atoms with Crippen LogP contribution in [-0.2, 0) is 5.41 Å². The summed E-state index contributed by atoms with van der Waals surface area (Å²) in [7, 11) is 0. The number of rotatable bonds is 1. The number of nitriles is 3. The minimum atomic E-state index is -1.33. The van der Waals surface area contributed by atoms with Crippen molar-refractivity contribution in [3.05, 3.63) is 53.0 Å². The highest BCUT2D eigenvalue weighted by Gasteiger charge is 2.54. The van der Waals surface area contributed by atoms with Crippen LogP contribution in [-0.4, -0.2) is 4.98 Å². The number of hydrogen-bond donors (Lipinski definition) is 1. The molecule has 1 heterocycles. The Morgan fingerprint density at radius 1 is 1.30 bits per heavy atom. The summed E-state index contributed by atoms with van der Waals surface area (Å²) in [4.78, 5) is 4.07. The first-order chi connectivity index (χ1) is 11.2. The van der Waals surface area contributed by atoms with Gasteiger partial charge in [-0.1, -0.05) is 12.1 Å². The Kier molecular flexibility index (Phi) is 3.61. The number of pyridine rings is 1. The fourth-order valence-electron chi connectivity index (χ4n) is 3.79. The van der Waals surface area contributed by atoms with E-state index in [-0.39, 0.29) is 11.6 Å². The van der Waals surface area contributed by atoms with E-state index in [0.717, 1.165) is 24.8 Å². The van der Waals surface area contributed by atoms with Gasteiger partial charge in [-0.15, -0.1) is 0 Å². The van der Waals surface area contributed by atoms with Gasteiger partial charge in [-0.05, 0) is 36.5 Å². The van der Waals surface area contributed by atoms with Gasteiger partial charge >= 0.3 is 0 Å². The van der Waals surface area contributed by atoms with Gasteiger partial charge in [0.1, 0.15) is 11.5 Å². The van der Waals surface area contributed by atoms with Gasteiger partial charge < -0.3 is 5.73 Å². The summed E-state index contributed by atoms with van der Waals surface area (Å²) < 4.78 is 0. The molecule has 1 aromatic rings. The summed E-state index contributed by atoms with van der Waals surface area (Å²) in [6.45, 7) is 0. The van der Waals surface area contributed by atoms with Gasteiger partial charge in [0, 0.05) is 18.3 Å². The monoisotopic (exact) mass is 301 g/mol. The second-order valence-electron chi connectivity index (χ2n) is 5.87. The third-order valence-electron chi connectivity index (χ3n) is 4.88. The van der Waals surface area contributed by atoms with E-state index in [9.17, 15) is 15.8 Å². The summed E-state index contributed by atoms with van der Waals surface area (Å²) >= 11 is 0. The van der Waals surface area contributed by atoms with Crippen molar-refractivity contribution in [3.63, 3.8) is 0 Å². The van der Waals surface area contributed by atoms with Crippen LogP contribution in [0.25, 0.3) is 0 Å². The van der Waals surface area contributed by atoms with Crippen LogP contribution >= 0.6 is 0 Å². The lowest BCUT2D eigenvalue weighted by Crippen LogP contribution is -2.47. The molecule has 0 spiro atoms. The molecule has 112 valence electrons. The Hall–Kier alpha value is -3.10. The van der Waals surface area contributed by atoms with Crippen molar-refractivity contribution >= 4 is 0 Å². The predicted molar refractivity (Wildman–Crippen MR) is 82.9 cm³/mol. The van der Waals surface area contributed by atoms with Crippen LogP contribution in [0.1, 0.15) is 24.8 Å². The van der Waals surface area contributed by atoms with Crippen molar-refractivity contribution in [3.8, 4) is 18.2 Å². The fourth-order valence-corrected chi connectivity index (χ4v) is 3.79. The van der Waals surface area contributed by atoms with E-state index in [4.69, 9.17) is 5.73 Å². The second kappa shape index (κ2) is 5.59. The third-order valence-corrected chi connectivity index (χ3v) is 4.88. The molecule has 0 radical (unpaired) electrons. The summed E-state index contributed by atoms with van der Waals surface area (Å²) in [6.07, 6.45) is 7.76. The molecule has 3 atom stereocenters. The average molecular weight is 301 g/mol. The van der Waals surface area contributed by atoms with E-state index in [2.05, 4.69) is 23.2 Å². The van der Waals surface area contributed by atoms with Gasteiger partial charge in [-0.25, -0.2) is 0 Å². The molecule has 0 unspecified atom stereocenters. The maximum atomic E-state index is 10.00. The van der Waals surface area contributed by atoms with Crippen molar-refractivity contribution in [1.29, 1.82) is 15.8 Å². The molecule has 2 aliphatic rings. The van der Waals surface area contributed by atoms with Crippen molar-refractivity contribution in [2.45, 2.75) is 24.7 Å². The van der Waals surface area contributed by atoms with E-state index >= 15 is 0 Å². The summed E-state index contributed by atoms with van der Waals surface area (Å²) in [5, 5.41) is 29.4. The fraction of sp³-hybridized carbons (Fsp3) is 0.333. The van der Waals surface area contributed by atoms with Crippen molar-refractivity contribution < 1.29 is 0 Å². The lowest BCUT2D eigenvalue weighted by molar-refractivity contribution is 0.312. The highest BCUT2D eigenvalue weighted by molar-refractivity contribution is 5.60. The molecular weight excluding hydrogens is 286 g/mol. The predicted octanol–water partition coefficient (Wildman–Crippen LogP) is 2.46. The zero-order valence-corrected chi connectivity index (χ0v) is 12.5. The van der Waals surface area contributed by atoms with Crippen LogP contribution in [0.2, 0.25) is 0 Å². The molecule has 23 heavy (non-hydrogen) atoms. The van der Waals surface area contributed by atoms with Crippen LogP contribution in [0.15, 0.2) is 47.4 Å².